The van der Waals surface area contributed by atoms with Gasteiger partial charge in [-0.1, -0.05) is 0 Å². The Morgan fingerprint density at radius 2 is 2.00 bits per heavy atom. The number of allylic oxidation sites excluding steroid dienone is 2. The van der Waals surface area contributed by atoms with Crippen LogP contribution in [0, 0.1) is 5.92 Å². The van der Waals surface area contributed by atoms with Crippen molar-refractivity contribution in [3.05, 3.63) is 11.8 Å². The predicted molar refractivity (Wildman–Crippen MR) is 51.6 cm³/mol. The number of hydrogen-bond donors (Lipinski definition) is 0. The molecule has 4 nitrogen and oxygen atoms in total. The van der Waals surface area contributed by atoms with Gasteiger partial charge in [0.2, 0.25) is 0 Å². The predicted octanol–water partition coefficient (Wildman–Crippen LogP) is 1.30. The molecule has 4 heteroatoms. The molecule has 0 unspecified atom stereocenters. The van der Waals surface area contributed by atoms with E-state index >= 15 is 0 Å². The van der Waals surface area contributed by atoms with Gasteiger partial charge in [-0.25, -0.2) is 0 Å². The van der Waals surface area contributed by atoms with Gasteiger partial charge >= 0.3 is 5.97 Å². The quantitative estimate of drug-likeness (QED) is 0.290. The fourth-order valence-corrected chi connectivity index (χ4v) is 0.768. The van der Waals surface area contributed by atoms with Crippen molar-refractivity contribution in [1.82, 2.24) is 0 Å². The van der Waals surface area contributed by atoms with Gasteiger partial charge in [-0.2, -0.15) is 0 Å². The van der Waals surface area contributed by atoms with Crippen LogP contribution in [-0.4, -0.2) is 25.5 Å². The smallest absolute Gasteiger partial charge is 0.316 e. The summed E-state index contributed by atoms with van der Waals surface area (Å²) in [6.07, 6.45) is 1.29. The van der Waals surface area contributed by atoms with Crippen LogP contribution in [0.1, 0.15) is 20.8 Å². The van der Waals surface area contributed by atoms with Crippen LogP contribution in [0.3, 0.4) is 0 Å². The van der Waals surface area contributed by atoms with Crippen molar-refractivity contribution in [3.8, 4) is 0 Å². The van der Waals surface area contributed by atoms with E-state index in [-0.39, 0.29) is 12.4 Å². The first-order valence-electron chi connectivity index (χ1n) is 4.45. The average molecular weight is 200 g/mol. The highest BCUT2D eigenvalue weighted by Crippen LogP contribution is 2.04. The first kappa shape index (κ1) is 12.7. The van der Waals surface area contributed by atoms with E-state index in [4.69, 9.17) is 9.47 Å². The summed E-state index contributed by atoms with van der Waals surface area (Å²) in [5.41, 5.74) is 0. The summed E-state index contributed by atoms with van der Waals surface area (Å²) in [6.45, 7) is 5.14. The molecule has 0 heterocycles. The summed E-state index contributed by atoms with van der Waals surface area (Å²) in [4.78, 5) is 22.5. The van der Waals surface area contributed by atoms with Crippen LogP contribution in [0.2, 0.25) is 0 Å². The number of rotatable bonds is 5. The van der Waals surface area contributed by atoms with Crippen molar-refractivity contribution >= 4 is 11.8 Å². The van der Waals surface area contributed by atoms with Crippen LogP contribution < -0.4 is 0 Å². The van der Waals surface area contributed by atoms with E-state index in [2.05, 4.69) is 0 Å². The van der Waals surface area contributed by atoms with Gasteiger partial charge in [-0.05, 0) is 20.8 Å². The maximum atomic E-state index is 11.4. The Hall–Kier alpha value is -1.32. The molecule has 0 aromatic heterocycles. The summed E-state index contributed by atoms with van der Waals surface area (Å²) < 4.78 is 9.51. The highest BCUT2D eigenvalue weighted by Gasteiger charge is 2.20. The number of carbonyl (C=O) groups is 2. The van der Waals surface area contributed by atoms with Gasteiger partial charge in [0.05, 0.1) is 19.5 Å². The van der Waals surface area contributed by atoms with Crippen molar-refractivity contribution in [1.29, 1.82) is 0 Å². The number of carbonyl (C=O) groups excluding carboxylic acids is 2. The van der Waals surface area contributed by atoms with Crippen molar-refractivity contribution in [2.24, 2.45) is 5.92 Å². The van der Waals surface area contributed by atoms with Crippen LogP contribution in [0.15, 0.2) is 11.8 Å². The summed E-state index contributed by atoms with van der Waals surface area (Å²) in [7, 11) is 1.47. The normalized spacial score (nSPS) is 13.3. The van der Waals surface area contributed by atoms with Crippen LogP contribution in [0.4, 0.5) is 0 Å². The standard InChI is InChI=1S/C10H16O4/c1-5-14-10(12)8(3)9(11)6-7(2)13-4/h6,8H,5H2,1-4H3/b7-6+/t8-/m1/s1. The lowest BCUT2D eigenvalue weighted by Gasteiger charge is -2.07. The van der Waals surface area contributed by atoms with Gasteiger partial charge in [0.15, 0.2) is 5.78 Å². The molecule has 0 aliphatic rings. The van der Waals surface area contributed by atoms with Crippen LogP contribution >= 0.6 is 0 Å². The number of hydrogen-bond acceptors (Lipinski definition) is 4. The molecular formula is C10H16O4. The minimum Gasteiger partial charge on any atom is -0.501 e. The monoisotopic (exact) mass is 200 g/mol. The molecule has 0 fully saturated rings. The topological polar surface area (TPSA) is 52.6 Å². The molecule has 0 rings (SSSR count). The third-order valence-corrected chi connectivity index (χ3v) is 1.73. The number of methoxy groups -OCH3 is 1. The van der Waals surface area contributed by atoms with Crippen LogP contribution in [0.25, 0.3) is 0 Å². The largest absolute Gasteiger partial charge is 0.501 e. The molecule has 0 amide bonds. The molecule has 14 heavy (non-hydrogen) atoms. The van der Waals surface area contributed by atoms with Gasteiger partial charge in [0.25, 0.3) is 0 Å². The zero-order valence-corrected chi connectivity index (χ0v) is 8.99. The molecule has 0 aliphatic carbocycles. The number of ether oxygens (including phenoxy) is 2. The van der Waals surface area contributed by atoms with E-state index in [0.717, 1.165) is 0 Å². The Balaban J connectivity index is 4.32. The zero-order valence-electron chi connectivity index (χ0n) is 8.99. The summed E-state index contributed by atoms with van der Waals surface area (Å²) >= 11 is 0. The third-order valence-electron chi connectivity index (χ3n) is 1.73. The van der Waals surface area contributed by atoms with Gasteiger partial charge in [-0.15, -0.1) is 0 Å². The molecule has 0 aromatic carbocycles. The first-order chi connectivity index (χ1) is 6.52. The molecular weight excluding hydrogens is 184 g/mol. The molecule has 0 aliphatic heterocycles. The SMILES string of the molecule is CCOC(=O)[C@H](C)C(=O)/C=C(\C)OC. The average Bonchev–Trinajstić information content (AvgIpc) is 2.16. The molecule has 0 radical (unpaired) electrons. The summed E-state index contributed by atoms with van der Waals surface area (Å²) in [5, 5.41) is 0. The van der Waals surface area contributed by atoms with E-state index in [1.54, 1.807) is 13.8 Å². The second-order valence-electron chi connectivity index (χ2n) is 2.84. The lowest BCUT2D eigenvalue weighted by atomic mass is 10.1. The number of esters is 1. The van der Waals surface area contributed by atoms with Crippen molar-refractivity contribution in [2.45, 2.75) is 20.8 Å². The van der Waals surface area contributed by atoms with E-state index in [1.165, 1.54) is 20.1 Å². The Bertz CT molecular complexity index is 243. The Labute approximate surface area is 83.9 Å². The maximum absolute atomic E-state index is 11.4. The van der Waals surface area contributed by atoms with E-state index < -0.39 is 11.9 Å². The first-order valence-corrected chi connectivity index (χ1v) is 4.45. The third kappa shape index (κ3) is 4.07. The second-order valence-corrected chi connectivity index (χ2v) is 2.84. The van der Waals surface area contributed by atoms with Crippen LogP contribution in [0.5, 0.6) is 0 Å². The molecule has 0 aromatic rings. The summed E-state index contributed by atoms with van der Waals surface area (Å²) in [6, 6.07) is 0. The lowest BCUT2D eigenvalue weighted by molar-refractivity contribution is -0.149. The molecule has 1 atom stereocenters. The molecule has 0 spiro atoms. The minimum atomic E-state index is -0.764. The second kappa shape index (κ2) is 6.18. The fraction of sp³-hybridized carbons (Fsp3) is 0.600. The fourth-order valence-electron chi connectivity index (χ4n) is 0.768. The van der Waals surface area contributed by atoms with Gasteiger partial charge in [0, 0.05) is 6.08 Å². The zero-order chi connectivity index (χ0) is 11.1. The molecule has 0 saturated carbocycles. The lowest BCUT2D eigenvalue weighted by Crippen LogP contribution is -2.22. The van der Waals surface area contributed by atoms with Gasteiger partial charge < -0.3 is 9.47 Å². The van der Waals surface area contributed by atoms with Crippen molar-refractivity contribution in [3.63, 3.8) is 0 Å². The van der Waals surface area contributed by atoms with Gasteiger partial charge in [-0.3, -0.25) is 9.59 Å². The Morgan fingerprint density at radius 3 is 2.43 bits per heavy atom. The van der Waals surface area contributed by atoms with Crippen LogP contribution in [-0.2, 0) is 19.1 Å². The van der Waals surface area contributed by atoms with E-state index in [0.29, 0.717) is 5.76 Å². The molecule has 0 saturated heterocycles. The molecule has 80 valence electrons. The molecule has 0 bridgehead atoms. The molecule has 0 N–H and O–H groups in total. The van der Waals surface area contributed by atoms with Crippen molar-refractivity contribution in [2.75, 3.05) is 13.7 Å². The Morgan fingerprint density at radius 1 is 1.43 bits per heavy atom. The summed E-state index contributed by atoms with van der Waals surface area (Å²) in [5.74, 6) is -1.09. The number of ketones is 1. The minimum absolute atomic E-state index is 0.281. The van der Waals surface area contributed by atoms with E-state index in [1.807, 2.05) is 0 Å². The van der Waals surface area contributed by atoms with Crippen molar-refractivity contribution < 1.29 is 19.1 Å². The van der Waals surface area contributed by atoms with E-state index in [9.17, 15) is 9.59 Å². The van der Waals surface area contributed by atoms with Gasteiger partial charge in [0.1, 0.15) is 5.92 Å². The highest BCUT2D eigenvalue weighted by molar-refractivity contribution is 6.04. The highest BCUT2D eigenvalue weighted by atomic mass is 16.5. The Kier molecular flexibility index (Phi) is 5.60. The maximum Gasteiger partial charge on any atom is 0.316 e.